The van der Waals surface area contributed by atoms with Crippen molar-refractivity contribution in [1.82, 2.24) is 9.88 Å². The molecule has 0 bridgehead atoms. The van der Waals surface area contributed by atoms with Crippen molar-refractivity contribution in [2.75, 3.05) is 13.1 Å². The zero-order chi connectivity index (χ0) is 12.5. The Morgan fingerprint density at radius 2 is 2.39 bits per heavy atom. The third kappa shape index (κ3) is 2.60. The molecule has 0 unspecified atom stereocenters. The molecule has 0 spiro atoms. The van der Waals surface area contributed by atoms with Gasteiger partial charge in [0.05, 0.1) is 15.7 Å². The molecule has 2 heterocycles. The van der Waals surface area contributed by atoms with E-state index < -0.39 is 0 Å². The average Bonchev–Trinajstić information content (AvgIpc) is 2.77. The molecule has 4 heteroatoms. The van der Waals surface area contributed by atoms with Crippen LogP contribution in [0.4, 0.5) is 0 Å². The number of benzene rings is 1. The number of thiazole rings is 1. The van der Waals surface area contributed by atoms with Gasteiger partial charge in [-0.2, -0.15) is 0 Å². The summed E-state index contributed by atoms with van der Waals surface area (Å²) in [5.74, 6) is 0.842. The maximum Gasteiger partial charge on any atom is 0.0954 e. The predicted octanol–water partition coefficient (Wildman–Crippen LogP) is 4.29. The van der Waals surface area contributed by atoms with Crippen LogP contribution in [0.3, 0.4) is 0 Å². The minimum atomic E-state index is 0.842. The molecule has 0 N–H and O–H groups in total. The van der Waals surface area contributed by atoms with Crippen molar-refractivity contribution in [2.45, 2.75) is 26.3 Å². The maximum absolute atomic E-state index is 4.38. The van der Waals surface area contributed by atoms with Crippen LogP contribution in [-0.4, -0.2) is 23.0 Å². The largest absolute Gasteiger partial charge is 0.299 e. The molecule has 0 radical (unpaired) electrons. The van der Waals surface area contributed by atoms with Gasteiger partial charge in [0.25, 0.3) is 0 Å². The maximum atomic E-state index is 4.38. The highest BCUT2D eigenvalue weighted by Gasteiger charge is 2.16. The van der Waals surface area contributed by atoms with Crippen molar-refractivity contribution in [3.63, 3.8) is 0 Å². The second kappa shape index (κ2) is 5.27. The van der Waals surface area contributed by atoms with E-state index in [-0.39, 0.29) is 0 Å². The lowest BCUT2D eigenvalue weighted by molar-refractivity contribution is 0.176. The summed E-state index contributed by atoms with van der Waals surface area (Å²) in [5.41, 5.74) is 4.41. The summed E-state index contributed by atoms with van der Waals surface area (Å²) in [6.45, 7) is 5.90. The first-order valence-corrected chi connectivity index (χ1v) is 8.13. The Morgan fingerprint density at radius 1 is 1.50 bits per heavy atom. The van der Waals surface area contributed by atoms with Gasteiger partial charge in [-0.15, -0.1) is 11.3 Å². The minimum Gasteiger partial charge on any atom is -0.299 e. The van der Waals surface area contributed by atoms with Crippen LogP contribution in [0.15, 0.2) is 22.1 Å². The lowest BCUT2D eigenvalue weighted by Crippen LogP contribution is -2.33. The molecular weight excluding hydrogens is 308 g/mol. The molecule has 18 heavy (non-hydrogen) atoms. The number of fused-ring (bicyclic) bond motifs is 1. The highest BCUT2D eigenvalue weighted by Crippen LogP contribution is 2.28. The smallest absolute Gasteiger partial charge is 0.0954 e. The van der Waals surface area contributed by atoms with E-state index in [2.05, 4.69) is 44.9 Å². The monoisotopic (exact) mass is 324 g/mol. The van der Waals surface area contributed by atoms with E-state index in [4.69, 9.17) is 0 Å². The highest BCUT2D eigenvalue weighted by atomic mass is 79.9. The molecule has 0 amide bonds. The topological polar surface area (TPSA) is 16.1 Å². The predicted molar refractivity (Wildman–Crippen MR) is 81.0 cm³/mol. The molecule has 2 aromatic rings. The SMILES string of the molecule is C[C@H]1CCCN(Cc2cc(Br)c3ncsc3c2)C1. The van der Waals surface area contributed by atoms with E-state index in [1.54, 1.807) is 11.3 Å². The molecule has 1 saturated heterocycles. The number of nitrogens with zero attached hydrogens (tertiary/aromatic N) is 2. The van der Waals surface area contributed by atoms with Crippen molar-refractivity contribution >= 4 is 37.5 Å². The van der Waals surface area contributed by atoms with Crippen LogP contribution in [-0.2, 0) is 6.54 Å². The lowest BCUT2D eigenvalue weighted by atomic mass is 10.00. The molecule has 2 nitrogen and oxygen atoms in total. The van der Waals surface area contributed by atoms with Gasteiger partial charge in [0, 0.05) is 17.6 Å². The van der Waals surface area contributed by atoms with Gasteiger partial charge < -0.3 is 0 Å². The van der Waals surface area contributed by atoms with Gasteiger partial charge >= 0.3 is 0 Å². The molecule has 1 aliphatic rings. The molecule has 1 aromatic carbocycles. The fourth-order valence-electron chi connectivity index (χ4n) is 2.76. The van der Waals surface area contributed by atoms with E-state index in [9.17, 15) is 0 Å². The van der Waals surface area contributed by atoms with E-state index >= 15 is 0 Å². The van der Waals surface area contributed by atoms with E-state index in [0.717, 1.165) is 22.5 Å². The summed E-state index contributed by atoms with van der Waals surface area (Å²) in [7, 11) is 0. The highest BCUT2D eigenvalue weighted by molar-refractivity contribution is 9.10. The molecule has 1 atom stereocenters. The first-order chi connectivity index (χ1) is 8.72. The Morgan fingerprint density at radius 3 is 3.22 bits per heavy atom. The zero-order valence-electron chi connectivity index (χ0n) is 10.5. The third-order valence-corrected chi connectivity index (χ3v) is 4.98. The van der Waals surface area contributed by atoms with Gasteiger partial charge in [-0.1, -0.05) is 6.92 Å². The van der Waals surface area contributed by atoms with Gasteiger partial charge in [-0.25, -0.2) is 4.98 Å². The van der Waals surface area contributed by atoms with Crippen LogP contribution < -0.4 is 0 Å². The van der Waals surface area contributed by atoms with E-state index in [1.807, 2.05) is 5.51 Å². The number of piperidine rings is 1. The summed E-state index contributed by atoms with van der Waals surface area (Å²) in [6, 6.07) is 4.51. The second-order valence-corrected chi connectivity index (χ2v) is 7.00. The number of hydrogen-bond donors (Lipinski definition) is 0. The summed E-state index contributed by atoms with van der Waals surface area (Å²) in [5, 5.41) is 0. The number of likely N-dealkylation sites (tertiary alicyclic amines) is 1. The van der Waals surface area contributed by atoms with Crippen molar-refractivity contribution in [2.24, 2.45) is 5.92 Å². The van der Waals surface area contributed by atoms with Gasteiger partial charge in [0.15, 0.2) is 0 Å². The molecule has 1 aliphatic heterocycles. The number of rotatable bonds is 2. The average molecular weight is 325 g/mol. The Hall–Kier alpha value is -0.450. The van der Waals surface area contributed by atoms with Crippen LogP contribution in [0.5, 0.6) is 0 Å². The van der Waals surface area contributed by atoms with Crippen LogP contribution in [0, 0.1) is 5.92 Å². The zero-order valence-corrected chi connectivity index (χ0v) is 12.9. The first kappa shape index (κ1) is 12.6. The summed E-state index contributed by atoms with van der Waals surface area (Å²) < 4.78 is 2.41. The summed E-state index contributed by atoms with van der Waals surface area (Å²) >= 11 is 5.35. The summed E-state index contributed by atoms with van der Waals surface area (Å²) in [4.78, 5) is 6.95. The molecule has 1 fully saturated rings. The van der Waals surface area contributed by atoms with E-state index in [1.165, 1.54) is 36.2 Å². The van der Waals surface area contributed by atoms with Crippen molar-refractivity contribution in [1.29, 1.82) is 0 Å². The van der Waals surface area contributed by atoms with Gasteiger partial charge in [-0.3, -0.25) is 4.90 Å². The number of halogens is 1. The standard InChI is InChI=1S/C14H17BrN2S/c1-10-3-2-4-17(7-10)8-11-5-12(15)14-13(6-11)18-9-16-14/h5-6,9-10H,2-4,7-8H2,1H3/t10-/m0/s1. The molecule has 0 saturated carbocycles. The number of hydrogen-bond acceptors (Lipinski definition) is 3. The summed E-state index contributed by atoms with van der Waals surface area (Å²) in [6.07, 6.45) is 2.72. The second-order valence-electron chi connectivity index (χ2n) is 5.26. The van der Waals surface area contributed by atoms with Gasteiger partial charge in [-0.05, 0) is 58.9 Å². The molecule has 96 valence electrons. The first-order valence-electron chi connectivity index (χ1n) is 6.46. The molecule has 3 rings (SSSR count). The van der Waals surface area contributed by atoms with Crippen LogP contribution in [0.1, 0.15) is 25.3 Å². The normalized spacial score (nSPS) is 21.6. The van der Waals surface area contributed by atoms with Crippen molar-refractivity contribution in [3.8, 4) is 0 Å². The minimum absolute atomic E-state index is 0.842. The number of aromatic nitrogens is 1. The van der Waals surface area contributed by atoms with Gasteiger partial charge in [0.1, 0.15) is 0 Å². The van der Waals surface area contributed by atoms with Crippen LogP contribution >= 0.6 is 27.3 Å². The molecule has 0 aliphatic carbocycles. The van der Waals surface area contributed by atoms with Crippen LogP contribution in [0.25, 0.3) is 10.2 Å². The van der Waals surface area contributed by atoms with Gasteiger partial charge in [0.2, 0.25) is 0 Å². The Bertz CT molecular complexity index is 552. The fraction of sp³-hybridized carbons (Fsp3) is 0.500. The molecular formula is C14H17BrN2S. The Labute approximate surface area is 120 Å². The fourth-order valence-corrected chi connectivity index (χ4v) is 4.26. The van der Waals surface area contributed by atoms with Crippen molar-refractivity contribution in [3.05, 3.63) is 27.7 Å². The van der Waals surface area contributed by atoms with E-state index in [0.29, 0.717) is 0 Å². The quantitative estimate of drug-likeness (QED) is 0.819. The third-order valence-electron chi connectivity index (χ3n) is 3.60. The van der Waals surface area contributed by atoms with Crippen LogP contribution in [0.2, 0.25) is 0 Å². The van der Waals surface area contributed by atoms with Crippen molar-refractivity contribution < 1.29 is 0 Å². The Balaban J connectivity index is 1.81. The molecule has 1 aromatic heterocycles. The lowest BCUT2D eigenvalue weighted by Gasteiger charge is -2.30. The Kier molecular flexibility index (Phi) is 3.68.